The summed E-state index contributed by atoms with van der Waals surface area (Å²) in [6.45, 7) is 4.99. The van der Waals surface area contributed by atoms with E-state index in [1.807, 2.05) is 0 Å². The number of carbonyl (C=O) groups is 2. The summed E-state index contributed by atoms with van der Waals surface area (Å²) in [5, 5.41) is 9.28. The largest absolute Gasteiger partial charge is 0.481 e. The van der Waals surface area contributed by atoms with E-state index in [0.29, 0.717) is 13.0 Å². The Bertz CT molecular complexity index is 590. The first-order chi connectivity index (χ1) is 21.6. The number of hydrogen-bond donors (Lipinski definition) is 1. The third-order valence-corrected chi connectivity index (χ3v) is 9.40. The lowest BCUT2D eigenvalue weighted by atomic mass is 9.97. The number of esters is 1. The van der Waals surface area contributed by atoms with Crippen LogP contribution in [-0.4, -0.2) is 23.7 Å². The van der Waals surface area contributed by atoms with Crippen molar-refractivity contribution in [2.75, 3.05) is 6.61 Å². The Kier molecular flexibility index (Phi) is 35.5. The summed E-state index contributed by atoms with van der Waals surface area (Å²) in [4.78, 5) is 23.9. The van der Waals surface area contributed by atoms with E-state index in [0.717, 1.165) is 25.7 Å². The van der Waals surface area contributed by atoms with Gasteiger partial charge < -0.3 is 9.84 Å². The maximum atomic E-state index is 12.5. The number of carboxylic acid groups (broad SMARTS) is 1. The second kappa shape index (κ2) is 36.4. The van der Waals surface area contributed by atoms with Crippen LogP contribution in [0, 0.1) is 5.92 Å². The minimum atomic E-state index is -0.897. The van der Waals surface area contributed by atoms with Gasteiger partial charge in [0.25, 0.3) is 0 Å². The predicted octanol–water partition coefficient (Wildman–Crippen LogP) is 13.5. The molecule has 0 aliphatic carbocycles. The van der Waals surface area contributed by atoms with E-state index in [4.69, 9.17) is 4.74 Å². The molecule has 4 heteroatoms. The fourth-order valence-corrected chi connectivity index (χ4v) is 6.39. The van der Waals surface area contributed by atoms with Gasteiger partial charge in [0.1, 0.15) is 0 Å². The summed E-state index contributed by atoms with van der Waals surface area (Å²) in [5.41, 5.74) is 0. The van der Waals surface area contributed by atoms with Crippen LogP contribution in [-0.2, 0) is 14.3 Å². The minimum Gasteiger partial charge on any atom is -0.481 e. The smallest absolute Gasteiger partial charge is 0.309 e. The molecule has 1 N–H and O–H groups in total. The molecule has 262 valence electrons. The second-order valence-corrected chi connectivity index (χ2v) is 13.9. The summed E-state index contributed by atoms with van der Waals surface area (Å²) in [6.07, 6.45) is 42.7. The van der Waals surface area contributed by atoms with Crippen LogP contribution in [0.2, 0.25) is 0 Å². The van der Waals surface area contributed by atoms with Gasteiger partial charge >= 0.3 is 11.9 Å². The zero-order valence-electron chi connectivity index (χ0n) is 30.0. The highest BCUT2D eigenvalue weighted by molar-refractivity contribution is 5.79. The lowest BCUT2D eigenvalue weighted by molar-refractivity contribution is -0.153. The summed E-state index contributed by atoms with van der Waals surface area (Å²) in [7, 11) is 0. The van der Waals surface area contributed by atoms with Gasteiger partial charge in [-0.1, -0.05) is 213 Å². The Morgan fingerprint density at radius 3 is 1.00 bits per heavy atom. The molecule has 0 saturated heterocycles. The van der Waals surface area contributed by atoms with Crippen molar-refractivity contribution in [1.82, 2.24) is 0 Å². The molecule has 0 spiro atoms. The lowest BCUT2D eigenvalue weighted by Crippen LogP contribution is -2.21. The summed E-state index contributed by atoms with van der Waals surface area (Å²) in [5.74, 6) is -1.68. The fraction of sp³-hybridized carbons (Fsp3) is 0.950. The molecule has 0 aliphatic rings. The number of carbonyl (C=O) groups excluding carboxylic acids is 1. The number of rotatable bonds is 37. The van der Waals surface area contributed by atoms with Crippen LogP contribution < -0.4 is 0 Å². The average molecular weight is 623 g/mol. The van der Waals surface area contributed by atoms with Crippen LogP contribution in [0.4, 0.5) is 0 Å². The average Bonchev–Trinajstić information content (AvgIpc) is 3.01. The molecule has 4 nitrogen and oxygen atoms in total. The number of aliphatic carboxylic acids is 1. The quantitative estimate of drug-likeness (QED) is 0.0553. The maximum absolute atomic E-state index is 12.5. The Morgan fingerprint density at radius 1 is 0.432 bits per heavy atom. The highest BCUT2D eigenvalue weighted by Gasteiger charge is 2.22. The molecule has 0 fully saturated rings. The summed E-state index contributed by atoms with van der Waals surface area (Å²) >= 11 is 0. The minimum absolute atomic E-state index is 0.101. The molecule has 0 aromatic carbocycles. The SMILES string of the molecule is CCCCCCCCCCCCCCCCCCOC(=O)C(CCCCCCCCCCCCCCCCCC)CC(=O)O. The van der Waals surface area contributed by atoms with Gasteiger partial charge in [0, 0.05) is 0 Å². The van der Waals surface area contributed by atoms with Crippen molar-refractivity contribution in [2.45, 2.75) is 232 Å². The van der Waals surface area contributed by atoms with Crippen molar-refractivity contribution in [3.05, 3.63) is 0 Å². The Balaban J connectivity index is 3.59. The first kappa shape index (κ1) is 42.9. The molecular formula is C40H78O4. The van der Waals surface area contributed by atoms with E-state index in [2.05, 4.69) is 13.8 Å². The van der Waals surface area contributed by atoms with Gasteiger partial charge in [-0.05, 0) is 12.8 Å². The van der Waals surface area contributed by atoms with Crippen molar-refractivity contribution in [3.63, 3.8) is 0 Å². The molecule has 0 amide bonds. The monoisotopic (exact) mass is 623 g/mol. The van der Waals surface area contributed by atoms with Gasteiger partial charge in [0.2, 0.25) is 0 Å². The number of carboxylic acids is 1. The van der Waals surface area contributed by atoms with Gasteiger partial charge in [-0.25, -0.2) is 0 Å². The molecule has 1 atom stereocenters. The van der Waals surface area contributed by atoms with Crippen LogP contribution in [0.15, 0.2) is 0 Å². The van der Waals surface area contributed by atoms with Crippen LogP contribution >= 0.6 is 0 Å². The molecule has 0 heterocycles. The topological polar surface area (TPSA) is 63.6 Å². The molecule has 0 radical (unpaired) electrons. The standard InChI is InChI=1S/C40H78O4/c1-3-5-7-9-11-13-15-17-19-21-23-25-27-29-31-33-35-38(37-39(41)42)40(43)44-36-34-32-30-28-26-24-22-20-18-16-14-12-10-8-6-4-2/h38H,3-37H2,1-2H3,(H,41,42). The van der Waals surface area contributed by atoms with Gasteiger partial charge in [-0.2, -0.15) is 0 Å². The third-order valence-electron chi connectivity index (χ3n) is 9.40. The second-order valence-electron chi connectivity index (χ2n) is 13.9. The van der Waals surface area contributed by atoms with E-state index < -0.39 is 11.9 Å². The van der Waals surface area contributed by atoms with Crippen LogP contribution in [0.3, 0.4) is 0 Å². The van der Waals surface area contributed by atoms with Crippen molar-refractivity contribution < 1.29 is 19.4 Å². The zero-order valence-corrected chi connectivity index (χ0v) is 30.0. The zero-order chi connectivity index (χ0) is 32.2. The molecule has 0 rings (SSSR count). The van der Waals surface area contributed by atoms with E-state index in [-0.39, 0.29) is 12.4 Å². The van der Waals surface area contributed by atoms with E-state index >= 15 is 0 Å². The van der Waals surface area contributed by atoms with E-state index in [1.54, 1.807) is 0 Å². The van der Waals surface area contributed by atoms with Crippen molar-refractivity contribution in [3.8, 4) is 0 Å². The fourth-order valence-electron chi connectivity index (χ4n) is 6.39. The van der Waals surface area contributed by atoms with Crippen LogP contribution in [0.25, 0.3) is 0 Å². The molecule has 1 unspecified atom stereocenters. The molecule has 0 aromatic rings. The predicted molar refractivity (Wildman–Crippen MR) is 190 cm³/mol. The Morgan fingerprint density at radius 2 is 0.705 bits per heavy atom. The van der Waals surface area contributed by atoms with Crippen molar-refractivity contribution >= 4 is 11.9 Å². The van der Waals surface area contributed by atoms with E-state index in [9.17, 15) is 14.7 Å². The first-order valence-electron chi connectivity index (χ1n) is 20.0. The maximum Gasteiger partial charge on any atom is 0.309 e. The molecule has 0 saturated carbocycles. The van der Waals surface area contributed by atoms with E-state index in [1.165, 1.54) is 180 Å². The lowest BCUT2D eigenvalue weighted by Gasteiger charge is -2.14. The normalized spacial score (nSPS) is 12.0. The van der Waals surface area contributed by atoms with Gasteiger partial charge in [0.15, 0.2) is 0 Å². The Hall–Kier alpha value is -1.06. The summed E-state index contributed by atoms with van der Waals surface area (Å²) < 4.78 is 5.50. The van der Waals surface area contributed by atoms with Crippen LogP contribution in [0.1, 0.15) is 232 Å². The molecule has 44 heavy (non-hydrogen) atoms. The first-order valence-corrected chi connectivity index (χ1v) is 20.0. The highest BCUT2D eigenvalue weighted by Crippen LogP contribution is 2.19. The van der Waals surface area contributed by atoms with Gasteiger partial charge in [-0.15, -0.1) is 0 Å². The number of unbranched alkanes of at least 4 members (excludes halogenated alkanes) is 30. The molecule has 0 aliphatic heterocycles. The molecule has 0 aromatic heterocycles. The third kappa shape index (κ3) is 33.8. The van der Waals surface area contributed by atoms with Gasteiger partial charge in [0.05, 0.1) is 18.9 Å². The highest BCUT2D eigenvalue weighted by atomic mass is 16.5. The van der Waals surface area contributed by atoms with Crippen LogP contribution in [0.5, 0.6) is 0 Å². The van der Waals surface area contributed by atoms with Crippen molar-refractivity contribution in [1.29, 1.82) is 0 Å². The Labute approximate surface area is 275 Å². The summed E-state index contributed by atoms with van der Waals surface area (Å²) in [6, 6.07) is 0. The van der Waals surface area contributed by atoms with Crippen molar-refractivity contribution in [2.24, 2.45) is 5.92 Å². The molecular weight excluding hydrogens is 544 g/mol. The number of hydrogen-bond acceptors (Lipinski definition) is 3. The molecule has 0 bridgehead atoms. The van der Waals surface area contributed by atoms with Gasteiger partial charge in [-0.3, -0.25) is 9.59 Å². The number of ether oxygens (including phenoxy) is 1.